The highest BCUT2D eigenvalue weighted by Crippen LogP contribution is 2.25. The van der Waals surface area contributed by atoms with E-state index in [-0.39, 0.29) is 11.9 Å². The summed E-state index contributed by atoms with van der Waals surface area (Å²) in [5.41, 5.74) is 0.992. The third kappa shape index (κ3) is 4.25. The molecule has 0 unspecified atom stereocenters. The summed E-state index contributed by atoms with van der Waals surface area (Å²) in [6.45, 7) is 7.10. The third-order valence-corrected chi connectivity index (χ3v) is 5.08. The fourth-order valence-corrected chi connectivity index (χ4v) is 3.60. The van der Waals surface area contributed by atoms with Crippen LogP contribution in [-0.4, -0.2) is 48.7 Å². The predicted octanol–water partition coefficient (Wildman–Crippen LogP) is 2.50. The highest BCUT2D eigenvalue weighted by molar-refractivity contribution is 6.30. The number of nitrogens with one attached hydrogen (secondary N) is 1. The van der Waals surface area contributed by atoms with Crippen molar-refractivity contribution in [1.29, 1.82) is 0 Å². The Labute approximate surface area is 143 Å². The van der Waals surface area contributed by atoms with E-state index in [2.05, 4.69) is 24.1 Å². The monoisotopic (exact) mass is 336 g/mol. The first-order valence-corrected chi connectivity index (χ1v) is 8.78. The van der Waals surface area contributed by atoms with Crippen LogP contribution in [-0.2, 0) is 16.0 Å². The molecule has 2 aliphatic rings. The molecule has 2 fully saturated rings. The normalized spacial score (nSPS) is 27.9. The number of rotatable bonds is 4. The van der Waals surface area contributed by atoms with E-state index in [0.29, 0.717) is 29.5 Å². The Balaban J connectivity index is 1.49. The Kier molecular flexibility index (Phi) is 5.24. The SMILES string of the molecule is CC(C)[C@H]1CN2C[C@H](NC(=O)Cc3ccc(Cl)cc3)C[C@H]2CO1. The van der Waals surface area contributed by atoms with Gasteiger partial charge in [0.1, 0.15) is 0 Å². The highest BCUT2D eigenvalue weighted by atomic mass is 35.5. The number of carbonyl (C=O) groups excluding carboxylic acids is 1. The summed E-state index contributed by atoms with van der Waals surface area (Å²) in [6.07, 6.45) is 1.70. The molecule has 1 aromatic carbocycles. The Morgan fingerprint density at radius 1 is 1.35 bits per heavy atom. The molecule has 1 N–H and O–H groups in total. The average Bonchev–Trinajstić information content (AvgIpc) is 2.90. The molecule has 0 spiro atoms. The molecule has 3 atom stereocenters. The Hall–Kier alpha value is -1.10. The van der Waals surface area contributed by atoms with Gasteiger partial charge >= 0.3 is 0 Å². The number of hydrogen-bond donors (Lipinski definition) is 1. The van der Waals surface area contributed by atoms with Gasteiger partial charge in [0.2, 0.25) is 5.91 Å². The first-order valence-electron chi connectivity index (χ1n) is 8.40. The van der Waals surface area contributed by atoms with Gasteiger partial charge in [-0.2, -0.15) is 0 Å². The van der Waals surface area contributed by atoms with Crippen LogP contribution in [0.4, 0.5) is 0 Å². The van der Waals surface area contributed by atoms with Crippen molar-refractivity contribution in [1.82, 2.24) is 10.2 Å². The number of halogens is 1. The molecule has 1 amide bonds. The molecule has 1 aromatic rings. The molecule has 2 heterocycles. The molecule has 0 radical (unpaired) electrons. The average molecular weight is 337 g/mol. The molecule has 0 aromatic heterocycles. The third-order valence-electron chi connectivity index (χ3n) is 4.83. The van der Waals surface area contributed by atoms with Crippen molar-refractivity contribution in [2.24, 2.45) is 5.92 Å². The van der Waals surface area contributed by atoms with Gasteiger partial charge in [-0.15, -0.1) is 0 Å². The first kappa shape index (κ1) is 16.7. The van der Waals surface area contributed by atoms with Crippen LogP contribution in [0, 0.1) is 5.92 Å². The number of nitrogens with zero attached hydrogens (tertiary/aromatic N) is 1. The number of amides is 1. The molecular weight excluding hydrogens is 312 g/mol. The summed E-state index contributed by atoms with van der Waals surface area (Å²) in [6, 6.07) is 8.13. The molecular formula is C18H25ClN2O2. The lowest BCUT2D eigenvalue weighted by atomic mass is 10.0. The molecule has 0 bridgehead atoms. The van der Waals surface area contributed by atoms with E-state index >= 15 is 0 Å². The van der Waals surface area contributed by atoms with E-state index in [0.717, 1.165) is 31.7 Å². The largest absolute Gasteiger partial charge is 0.375 e. The summed E-state index contributed by atoms with van der Waals surface area (Å²) >= 11 is 5.87. The van der Waals surface area contributed by atoms with Crippen LogP contribution in [0.15, 0.2) is 24.3 Å². The van der Waals surface area contributed by atoms with Gasteiger partial charge in [0.05, 0.1) is 19.1 Å². The maximum atomic E-state index is 12.2. The summed E-state index contributed by atoms with van der Waals surface area (Å²) in [4.78, 5) is 14.7. The standard InChI is InChI=1S/C18H25ClN2O2/c1-12(2)17-10-21-9-15(8-16(21)11-23-17)20-18(22)7-13-3-5-14(19)6-4-13/h3-6,12,15-17H,7-11H2,1-2H3,(H,20,22)/t15-,16+,17-/m1/s1. The van der Waals surface area contributed by atoms with Crippen molar-refractivity contribution in [3.05, 3.63) is 34.9 Å². The van der Waals surface area contributed by atoms with Crippen LogP contribution in [0.2, 0.25) is 5.02 Å². The summed E-state index contributed by atoms with van der Waals surface area (Å²) in [5, 5.41) is 3.87. The minimum absolute atomic E-state index is 0.0819. The zero-order chi connectivity index (χ0) is 16.4. The highest BCUT2D eigenvalue weighted by Gasteiger charge is 2.38. The van der Waals surface area contributed by atoms with Crippen molar-refractivity contribution in [3.8, 4) is 0 Å². The van der Waals surface area contributed by atoms with Crippen molar-refractivity contribution in [3.63, 3.8) is 0 Å². The number of fused-ring (bicyclic) bond motifs is 1. The number of morpholine rings is 1. The molecule has 3 rings (SSSR count). The van der Waals surface area contributed by atoms with Gasteiger partial charge in [-0.05, 0) is 30.0 Å². The van der Waals surface area contributed by atoms with Crippen molar-refractivity contribution < 1.29 is 9.53 Å². The maximum Gasteiger partial charge on any atom is 0.224 e. The van der Waals surface area contributed by atoms with Crippen LogP contribution in [0.25, 0.3) is 0 Å². The van der Waals surface area contributed by atoms with Gasteiger partial charge in [-0.3, -0.25) is 9.69 Å². The van der Waals surface area contributed by atoms with Gasteiger partial charge in [-0.1, -0.05) is 37.6 Å². The van der Waals surface area contributed by atoms with Gasteiger partial charge in [0.15, 0.2) is 0 Å². The number of benzene rings is 1. The number of hydrogen-bond acceptors (Lipinski definition) is 3. The molecule has 2 aliphatic heterocycles. The van der Waals surface area contributed by atoms with Crippen molar-refractivity contribution in [2.45, 2.75) is 44.9 Å². The first-order chi connectivity index (χ1) is 11.0. The second-order valence-electron chi connectivity index (χ2n) is 7.03. The summed E-state index contributed by atoms with van der Waals surface area (Å²) in [5.74, 6) is 0.619. The zero-order valence-electron chi connectivity index (χ0n) is 13.8. The molecule has 0 saturated carbocycles. The second-order valence-corrected chi connectivity index (χ2v) is 7.46. The predicted molar refractivity (Wildman–Crippen MR) is 91.6 cm³/mol. The van der Waals surface area contributed by atoms with Crippen molar-refractivity contribution in [2.75, 3.05) is 19.7 Å². The summed E-state index contributed by atoms with van der Waals surface area (Å²) in [7, 11) is 0. The van der Waals surface area contributed by atoms with Crippen LogP contribution < -0.4 is 5.32 Å². The molecule has 5 heteroatoms. The van der Waals surface area contributed by atoms with E-state index < -0.39 is 0 Å². The van der Waals surface area contributed by atoms with E-state index in [1.54, 1.807) is 0 Å². The topological polar surface area (TPSA) is 41.6 Å². The fraction of sp³-hybridized carbons (Fsp3) is 0.611. The van der Waals surface area contributed by atoms with Crippen molar-refractivity contribution >= 4 is 17.5 Å². The molecule has 23 heavy (non-hydrogen) atoms. The van der Waals surface area contributed by atoms with E-state index in [1.165, 1.54) is 0 Å². The number of ether oxygens (including phenoxy) is 1. The lowest BCUT2D eigenvalue weighted by Gasteiger charge is -2.36. The lowest BCUT2D eigenvalue weighted by Crippen LogP contribution is -2.48. The van der Waals surface area contributed by atoms with E-state index in [4.69, 9.17) is 16.3 Å². The van der Waals surface area contributed by atoms with Crippen LogP contribution in [0.5, 0.6) is 0 Å². The van der Waals surface area contributed by atoms with Crippen LogP contribution >= 0.6 is 11.6 Å². The van der Waals surface area contributed by atoms with E-state index in [9.17, 15) is 4.79 Å². The van der Waals surface area contributed by atoms with E-state index in [1.807, 2.05) is 24.3 Å². The Morgan fingerprint density at radius 2 is 2.09 bits per heavy atom. The molecule has 2 saturated heterocycles. The van der Waals surface area contributed by atoms with Crippen LogP contribution in [0.3, 0.4) is 0 Å². The van der Waals surface area contributed by atoms with Gasteiger partial charge in [0, 0.05) is 30.2 Å². The van der Waals surface area contributed by atoms with Gasteiger partial charge < -0.3 is 10.1 Å². The Bertz CT molecular complexity index is 546. The smallest absolute Gasteiger partial charge is 0.224 e. The second kappa shape index (κ2) is 7.20. The Morgan fingerprint density at radius 3 is 2.78 bits per heavy atom. The minimum Gasteiger partial charge on any atom is -0.375 e. The lowest BCUT2D eigenvalue weighted by molar-refractivity contribution is -0.121. The van der Waals surface area contributed by atoms with Crippen LogP contribution in [0.1, 0.15) is 25.8 Å². The number of carbonyl (C=O) groups is 1. The maximum absolute atomic E-state index is 12.2. The van der Waals surface area contributed by atoms with Gasteiger partial charge in [-0.25, -0.2) is 0 Å². The molecule has 4 nitrogen and oxygen atoms in total. The molecule has 126 valence electrons. The fourth-order valence-electron chi connectivity index (χ4n) is 3.47. The van der Waals surface area contributed by atoms with Gasteiger partial charge in [0.25, 0.3) is 0 Å². The quantitative estimate of drug-likeness (QED) is 0.918. The summed E-state index contributed by atoms with van der Waals surface area (Å²) < 4.78 is 5.95. The minimum atomic E-state index is 0.0819. The zero-order valence-corrected chi connectivity index (χ0v) is 14.6. The molecule has 0 aliphatic carbocycles.